The molecule has 0 aromatic heterocycles. The zero-order valence-electron chi connectivity index (χ0n) is 14.0. The van der Waals surface area contributed by atoms with Crippen LogP contribution >= 0.6 is 24.0 Å². The molecule has 0 fully saturated rings. The first-order valence-electron chi connectivity index (χ1n) is 7.75. The third-order valence-electron chi connectivity index (χ3n) is 3.74. The van der Waals surface area contributed by atoms with Crippen LogP contribution in [-0.4, -0.2) is 11.4 Å². The highest BCUT2D eigenvalue weighted by molar-refractivity contribution is 6.31. The van der Waals surface area contributed by atoms with Gasteiger partial charge in [0, 0.05) is 22.7 Å². The van der Waals surface area contributed by atoms with Gasteiger partial charge < -0.3 is 11.1 Å². The highest BCUT2D eigenvalue weighted by Gasteiger charge is 2.22. The number of carbonyl (C=O) groups is 1. The highest BCUT2D eigenvalue weighted by Crippen LogP contribution is 2.21. The zero-order valence-corrected chi connectivity index (χ0v) is 15.6. The van der Waals surface area contributed by atoms with E-state index in [0.29, 0.717) is 19.3 Å². The van der Waals surface area contributed by atoms with E-state index in [1.165, 1.54) is 0 Å². The number of hydrogen-bond donors (Lipinski definition) is 2. The summed E-state index contributed by atoms with van der Waals surface area (Å²) < 4.78 is 0. The Bertz CT molecular complexity index is 687. The molecular formula is C19H24Cl2N2O. The molecule has 2 rings (SSSR count). The Labute approximate surface area is 155 Å². The van der Waals surface area contributed by atoms with Crippen molar-refractivity contribution in [2.75, 3.05) is 5.73 Å². The molecule has 0 bridgehead atoms. The summed E-state index contributed by atoms with van der Waals surface area (Å²) in [5, 5.41) is 3.81. The summed E-state index contributed by atoms with van der Waals surface area (Å²) >= 11 is 6.20. The largest absolute Gasteiger partial charge is 0.399 e. The maximum absolute atomic E-state index is 12.2. The van der Waals surface area contributed by atoms with Crippen LogP contribution in [0, 0.1) is 0 Å². The van der Waals surface area contributed by atoms with Gasteiger partial charge in [-0.2, -0.15) is 0 Å². The van der Waals surface area contributed by atoms with Crippen molar-refractivity contribution >= 4 is 35.6 Å². The first kappa shape index (κ1) is 20.3. The molecule has 0 saturated carbocycles. The summed E-state index contributed by atoms with van der Waals surface area (Å²) in [6.45, 7) is 4.01. The van der Waals surface area contributed by atoms with Gasteiger partial charge in [0.1, 0.15) is 0 Å². The van der Waals surface area contributed by atoms with Crippen LogP contribution in [0.5, 0.6) is 0 Å². The fourth-order valence-electron chi connectivity index (χ4n) is 2.61. The van der Waals surface area contributed by atoms with Gasteiger partial charge in [0.2, 0.25) is 5.91 Å². The molecule has 0 radical (unpaired) electrons. The van der Waals surface area contributed by atoms with Crippen LogP contribution in [0.15, 0.2) is 48.5 Å². The van der Waals surface area contributed by atoms with Crippen LogP contribution in [0.2, 0.25) is 5.02 Å². The van der Waals surface area contributed by atoms with Gasteiger partial charge in [0.25, 0.3) is 0 Å². The molecule has 24 heavy (non-hydrogen) atoms. The molecule has 3 N–H and O–H groups in total. The topological polar surface area (TPSA) is 55.1 Å². The van der Waals surface area contributed by atoms with Crippen molar-refractivity contribution < 1.29 is 4.79 Å². The van der Waals surface area contributed by atoms with Crippen molar-refractivity contribution in [2.45, 2.75) is 38.6 Å². The second-order valence-electron chi connectivity index (χ2n) is 6.40. The lowest BCUT2D eigenvalue weighted by molar-refractivity contribution is -0.122. The standard InChI is InChI=1S/C19H23ClN2O.ClH/c1-19(2,13-15-8-3-5-9-16(15)20)22-18(23)12-11-14-7-4-6-10-17(14)21;/h3-10H,11-13,21H2,1-2H3,(H,22,23);1H. The molecule has 2 aromatic carbocycles. The molecular weight excluding hydrogens is 343 g/mol. The van der Waals surface area contributed by atoms with Crippen molar-refractivity contribution in [1.29, 1.82) is 0 Å². The van der Waals surface area contributed by atoms with E-state index in [2.05, 4.69) is 5.32 Å². The van der Waals surface area contributed by atoms with Crippen molar-refractivity contribution in [3.63, 3.8) is 0 Å². The quantitative estimate of drug-likeness (QED) is 0.743. The Kier molecular flexibility index (Phi) is 7.59. The third-order valence-corrected chi connectivity index (χ3v) is 4.11. The predicted octanol–water partition coefficient (Wildman–Crippen LogP) is 4.41. The van der Waals surface area contributed by atoms with Crippen molar-refractivity contribution in [3.8, 4) is 0 Å². The molecule has 3 nitrogen and oxygen atoms in total. The minimum atomic E-state index is -0.357. The number of nitrogens with one attached hydrogen (secondary N) is 1. The summed E-state index contributed by atoms with van der Waals surface area (Å²) in [6.07, 6.45) is 1.74. The summed E-state index contributed by atoms with van der Waals surface area (Å²) in [5.74, 6) is 0.0188. The third kappa shape index (κ3) is 6.06. The molecule has 130 valence electrons. The van der Waals surface area contributed by atoms with E-state index in [1.54, 1.807) is 0 Å². The van der Waals surface area contributed by atoms with Crippen LogP contribution in [0.25, 0.3) is 0 Å². The summed E-state index contributed by atoms with van der Waals surface area (Å²) in [5.41, 5.74) is 8.32. The summed E-state index contributed by atoms with van der Waals surface area (Å²) in [7, 11) is 0. The van der Waals surface area contributed by atoms with E-state index in [0.717, 1.165) is 21.8 Å². The van der Waals surface area contributed by atoms with Gasteiger partial charge in [-0.3, -0.25) is 4.79 Å². The van der Waals surface area contributed by atoms with Gasteiger partial charge in [0.15, 0.2) is 0 Å². The first-order chi connectivity index (χ1) is 10.9. The number of nitrogens with two attached hydrogens (primary N) is 1. The van der Waals surface area contributed by atoms with E-state index >= 15 is 0 Å². The summed E-state index contributed by atoms with van der Waals surface area (Å²) in [4.78, 5) is 12.2. The summed E-state index contributed by atoms with van der Waals surface area (Å²) in [6, 6.07) is 15.4. The van der Waals surface area contributed by atoms with Gasteiger partial charge in [0.05, 0.1) is 0 Å². The van der Waals surface area contributed by atoms with Crippen LogP contribution < -0.4 is 11.1 Å². The Morgan fingerprint density at radius 2 is 1.67 bits per heavy atom. The van der Waals surface area contributed by atoms with Gasteiger partial charge in [-0.25, -0.2) is 0 Å². The number of nitrogen functional groups attached to an aromatic ring is 1. The van der Waals surface area contributed by atoms with Crippen LogP contribution in [0.3, 0.4) is 0 Å². The van der Waals surface area contributed by atoms with Gasteiger partial charge in [-0.05, 0) is 49.9 Å². The lowest BCUT2D eigenvalue weighted by Gasteiger charge is -2.27. The van der Waals surface area contributed by atoms with E-state index in [4.69, 9.17) is 17.3 Å². The molecule has 0 spiro atoms. The number of anilines is 1. The lowest BCUT2D eigenvalue weighted by atomic mass is 9.94. The fourth-order valence-corrected chi connectivity index (χ4v) is 2.81. The Morgan fingerprint density at radius 3 is 2.29 bits per heavy atom. The minimum Gasteiger partial charge on any atom is -0.399 e. The average molecular weight is 367 g/mol. The zero-order chi connectivity index (χ0) is 16.9. The van der Waals surface area contributed by atoms with E-state index in [-0.39, 0.29) is 23.9 Å². The van der Waals surface area contributed by atoms with Gasteiger partial charge in [-0.15, -0.1) is 12.4 Å². The maximum atomic E-state index is 12.2. The average Bonchev–Trinajstić information content (AvgIpc) is 2.48. The number of carbonyl (C=O) groups excluding carboxylic acids is 1. The molecule has 0 saturated heterocycles. The second kappa shape index (κ2) is 8.95. The molecule has 0 atom stereocenters. The highest BCUT2D eigenvalue weighted by atomic mass is 35.5. The van der Waals surface area contributed by atoms with Crippen molar-refractivity contribution in [3.05, 3.63) is 64.7 Å². The molecule has 0 aliphatic rings. The number of amides is 1. The molecule has 1 amide bonds. The van der Waals surface area contributed by atoms with Crippen LogP contribution in [0.4, 0.5) is 5.69 Å². The molecule has 5 heteroatoms. The Hall–Kier alpha value is -1.71. The van der Waals surface area contributed by atoms with E-state index in [1.807, 2.05) is 62.4 Å². The van der Waals surface area contributed by atoms with E-state index in [9.17, 15) is 4.79 Å². The molecule has 0 aliphatic heterocycles. The van der Waals surface area contributed by atoms with E-state index < -0.39 is 0 Å². The van der Waals surface area contributed by atoms with Crippen LogP contribution in [-0.2, 0) is 17.6 Å². The molecule has 0 aliphatic carbocycles. The van der Waals surface area contributed by atoms with Gasteiger partial charge >= 0.3 is 0 Å². The monoisotopic (exact) mass is 366 g/mol. The first-order valence-corrected chi connectivity index (χ1v) is 8.13. The predicted molar refractivity (Wildman–Crippen MR) is 104 cm³/mol. The van der Waals surface area contributed by atoms with Gasteiger partial charge in [-0.1, -0.05) is 48.0 Å². The smallest absolute Gasteiger partial charge is 0.220 e. The number of para-hydroxylation sites is 1. The lowest BCUT2D eigenvalue weighted by Crippen LogP contribution is -2.45. The Balaban J connectivity index is 0.00000288. The Morgan fingerprint density at radius 1 is 1.08 bits per heavy atom. The number of aryl methyl sites for hydroxylation is 1. The molecule has 2 aromatic rings. The molecule has 0 heterocycles. The molecule has 0 unspecified atom stereocenters. The number of hydrogen-bond acceptors (Lipinski definition) is 2. The normalized spacial score (nSPS) is 10.8. The minimum absolute atomic E-state index is 0. The number of halogens is 2. The second-order valence-corrected chi connectivity index (χ2v) is 6.81. The number of rotatable bonds is 6. The van der Waals surface area contributed by atoms with Crippen LogP contribution in [0.1, 0.15) is 31.4 Å². The van der Waals surface area contributed by atoms with Crippen molar-refractivity contribution in [2.24, 2.45) is 0 Å². The number of benzene rings is 2. The van der Waals surface area contributed by atoms with Crippen molar-refractivity contribution in [1.82, 2.24) is 5.32 Å². The maximum Gasteiger partial charge on any atom is 0.220 e. The SMILES string of the molecule is CC(C)(Cc1ccccc1Cl)NC(=O)CCc1ccccc1N.Cl. The fraction of sp³-hybridized carbons (Fsp3) is 0.316.